The van der Waals surface area contributed by atoms with Gasteiger partial charge in [0, 0.05) is 23.6 Å². The number of nitrogens with one attached hydrogen (secondary N) is 3. The molecule has 9 atom stereocenters. The first-order valence-corrected chi connectivity index (χ1v) is 27.1. The Hall–Kier alpha value is -4.76. The van der Waals surface area contributed by atoms with E-state index in [1.54, 1.807) is 6.07 Å². The first-order valence-electron chi connectivity index (χ1n) is 27.1. The lowest BCUT2D eigenvalue weighted by Gasteiger charge is -2.56. The third-order valence-corrected chi connectivity index (χ3v) is 18.7. The Bertz CT molecular complexity index is 2610. The Morgan fingerprint density at radius 3 is 2.55 bits per heavy atom. The number of phenols is 1. The largest absolute Gasteiger partial charge is 0.508 e. The lowest BCUT2D eigenvalue weighted by Crippen LogP contribution is -2.52. The number of allylic oxidation sites excluding steroid dienone is 5. The van der Waals surface area contributed by atoms with Crippen LogP contribution in [0.4, 0.5) is 0 Å². The van der Waals surface area contributed by atoms with Crippen molar-refractivity contribution in [2.24, 2.45) is 52.3 Å². The molecule has 3 aromatic carbocycles. The second kappa shape index (κ2) is 19.1. The summed E-state index contributed by atoms with van der Waals surface area (Å²) in [5.74, 6) is 3.37. The van der Waals surface area contributed by atoms with Crippen molar-refractivity contribution < 1.29 is 24.2 Å². The van der Waals surface area contributed by atoms with Gasteiger partial charge in [-0.1, -0.05) is 81.8 Å². The maximum Gasteiger partial charge on any atom is 0.340 e. The summed E-state index contributed by atoms with van der Waals surface area (Å²) in [6.45, 7) is 9.69. The maximum absolute atomic E-state index is 15.1. The SMILES string of the molecule is CCC(C=C1OC(=O)C2=C(c3cc(O)ccc3-c3cccc(CNC)c3)C3CCC12C1C2=C(CCC31)C(=C1CCC3CCCC3(C3CCNC(NCCCC(C)C)C3)C1)OC2=O)Cc1ccccc1. The number of hydrogen-bond acceptors (Lipinski definition) is 8. The highest BCUT2D eigenvalue weighted by Crippen LogP contribution is 2.73. The van der Waals surface area contributed by atoms with Crippen LogP contribution in [-0.4, -0.2) is 43.3 Å². The van der Waals surface area contributed by atoms with Gasteiger partial charge in [0.25, 0.3) is 0 Å². The van der Waals surface area contributed by atoms with Crippen molar-refractivity contribution >= 4 is 17.5 Å². The van der Waals surface area contributed by atoms with E-state index >= 15 is 9.59 Å². The number of rotatable bonds is 14. The molecule has 364 valence electrons. The van der Waals surface area contributed by atoms with Crippen LogP contribution in [0.25, 0.3) is 16.7 Å². The predicted octanol–water partition coefficient (Wildman–Crippen LogP) is 12.1. The molecule has 12 rings (SSSR count). The van der Waals surface area contributed by atoms with Gasteiger partial charge in [0.1, 0.15) is 17.3 Å². The Balaban J connectivity index is 1.02. The number of benzene rings is 3. The van der Waals surface area contributed by atoms with Gasteiger partial charge in [0.2, 0.25) is 0 Å². The van der Waals surface area contributed by atoms with E-state index in [-0.39, 0.29) is 46.8 Å². The number of esters is 2. The van der Waals surface area contributed by atoms with Crippen molar-refractivity contribution in [3.05, 3.63) is 129 Å². The molecule has 2 bridgehead atoms. The van der Waals surface area contributed by atoms with Gasteiger partial charge < -0.3 is 30.5 Å². The van der Waals surface area contributed by atoms with Crippen LogP contribution in [0.15, 0.2) is 113 Å². The lowest BCUT2D eigenvalue weighted by atomic mass is 9.44. The molecule has 2 saturated heterocycles. The van der Waals surface area contributed by atoms with Gasteiger partial charge in [0.05, 0.1) is 17.2 Å². The first kappa shape index (κ1) is 46.6. The Morgan fingerprint density at radius 1 is 0.870 bits per heavy atom. The highest BCUT2D eigenvalue weighted by atomic mass is 16.6. The molecule has 69 heavy (non-hydrogen) atoms. The van der Waals surface area contributed by atoms with E-state index in [2.05, 4.69) is 97.4 Å². The second-order valence-corrected chi connectivity index (χ2v) is 22.8. The summed E-state index contributed by atoms with van der Waals surface area (Å²) >= 11 is 0. The van der Waals surface area contributed by atoms with Crippen LogP contribution >= 0.6 is 0 Å². The Labute approximate surface area is 410 Å². The molecule has 3 aliphatic heterocycles. The molecular formula is C61H75N3O5. The predicted molar refractivity (Wildman–Crippen MR) is 273 cm³/mol. The summed E-state index contributed by atoms with van der Waals surface area (Å²) in [5, 5.41) is 22.3. The minimum Gasteiger partial charge on any atom is -0.508 e. The fraction of sp³-hybridized carbons (Fsp3) is 0.541. The molecule has 5 fully saturated rings. The van der Waals surface area contributed by atoms with Gasteiger partial charge in [-0.3, -0.25) is 0 Å². The van der Waals surface area contributed by atoms with Crippen LogP contribution in [0.2, 0.25) is 0 Å². The summed E-state index contributed by atoms with van der Waals surface area (Å²) in [4.78, 5) is 30.2. The third-order valence-electron chi connectivity index (χ3n) is 18.7. The smallest absolute Gasteiger partial charge is 0.340 e. The van der Waals surface area contributed by atoms with Crippen molar-refractivity contribution in [2.75, 3.05) is 20.1 Å². The topological polar surface area (TPSA) is 109 Å². The number of carbonyl (C=O) groups is 2. The number of phenolic OH excluding ortho intramolecular Hbond substituents is 1. The molecule has 8 nitrogen and oxygen atoms in total. The van der Waals surface area contributed by atoms with Gasteiger partial charge in [-0.2, -0.15) is 0 Å². The highest BCUT2D eigenvalue weighted by Gasteiger charge is 2.69. The second-order valence-electron chi connectivity index (χ2n) is 22.8. The normalized spacial score (nSPS) is 32.6. The fourth-order valence-corrected chi connectivity index (χ4v) is 15.7. The van der Waals surface area contributed by atoms with Gasteiger partial charge in [-0.25, -0.2) is 9.59 Å². The van der Waals surface area contributed by atoms with Crippen molar-refractivity contribution in [1.82, 2.24) is 16.0 Å². The minimum atomic E-state index is -0.830. The number of fused-ring (bicyclic) bond motifs is 2. The maximum atomic E-state index is 15.1. The van der Waals surface area contributed by atoms with Crippen LogP contribution in [0.3, 0.4) is 0 Å². The van der Waals surface area contributed by atoms with E-state index in [0.717, 1.165) is 140 Å². The zero-order chi connectivity index (χ0) is 47.4. The zero-order valence-electron chi connectivity index (χ0n) is 41.6. The Morgan fingerprint density at radius 2 is 1.72 bits per heavy atom. The number of ether oxygens (including phenoxy) is 2. The molecule has 4 N–H and O–H groups in total. The van der Waals surface area contributed by atoms with Crippen molar-refractivity contribution in [2.45, 2.75) is 136 Å². The first-order chi connectivity index (χ1) is 33.6. The molecule has 9 aliphatic rings. The highest BCUT2D eigenvalue weighted by molar-refractivity contribution is 6.07. The summed E-state index contributed by atoms with van der Waals surface area (Å²) < 4.78 is 13.5. The van der Waals surface area contributed by atoms with Crippen molar-refractivity contribution in [3.8, 4) is 16.9 Å². The van der Waals surface area contributed by atoms with E-state index in [1.165, 1.54) is 56.1 Å². The van der Waals surface area contributed by atoms with E-state index < -0.39 is 5.41 Å². The third kappa shape index (κ3) is 8.18. The van der Waals surface area contributed by atoms with E-state index in [9.17, 15) is 5.11 Å². The summed E-state index contributed by atoms with van der Waals surface area (Å²) in [7, 11) is 1.96. The molecule has 8 heteroatoms. The molecular weight excluding hydrogens is 855 g/mol. The van der Waals surface area contributed by atoms with E-state index in [4.69, 9.17) is 9.47 Å². The number of hydrogen-bond donors (Lipinski definition) is 4. The number of aromatic hydroxyl groups is 1. The summed E-state index contributed by atoms with van der Waals surface area (Å²) in [5.41, 5.74) is 9.77. The average molecular weight is 930 g/mol. The van der Waals surface area contributed by atoms with Gasteiger partial charge >= 0.3 is 11.9 Å². The van der Waals surface area contributed by atoms with Gasteiger partial charge in [0.15, 0.2) is 0 Å². The molecule has 3 aromatic rings. The van der Waals surface area contributed by atoms with Crippen molar-refractivity contribution in [3.63, 3.8) is 0 Å². The van der Waals surface area contributed by atoms with Crippen LogP contribution in [0.1, 0.15) is 134 Å². The lowest BCUT2D eigenvalue weighted by molar-refractivity contribution is -0.135. The summed E-state index contributed by atoms with van der Waals surface area (Å²) in [6.07, 6.45) is 19.5. The Kier molecular flexibility index (Phi) is 12.9. The number of cyclic esters (lactones) is 2. The molecule has 0 radical (unpaired) electrons. The summed E-state index contributed by atoms with van der Waals surface area (Å²) in [6, 6.07) is 24.8. The molecule has 3 saturated carbocycles. The van der Waals surface area contributed by atoms with Crippen LogP contribution in [0.5, 0.6) is 5.75 Å². The van der Waals surface area contributed by atoms with Crippen molar-refractivity contribution in [1.29, 1.82) is 0 Å². The average Bonchev–Trinajstić information content (AvgIpc) is 4.04. The minimum absolute atomic E-state index is 0.00805. The molecule has 6 aliphatic carbocycles. The fourth-order valence-electron chi connectivity index (χ4n) is 15.7. The standard InChI is InChI=1S/C61H75N3O5/c1-5-38(30-39-13-7-6-8-14-39)32-51-61-27-24-47(53(56(61)59(67)68-51)50-34-45(65)20-21-46(50)41-16-9-15-40(31-41)36-62-4)48-22-23-49-54(55(48)61)58(66)69-57(49)42-18-19-43-17-10-26-60(43,35-42)44-25-29-64-52(33-44)63-28-11-12-37(2)3/h6-9,13-16,20-21,31-32,34,37-38,43-44,47-48,52,55,62-65H,5,10-12,17-19,22-30,33,35-36H2,1-4H3. The number of piperidine rings is 1. The van der Waals surface area contributed by atoms with Gasteiger partial charge in [-0.05, 0) is 221 Å². The molecule has 9 unspecified atom stereocenters. The van der Waals surface area contributed by atoms with E-state index in [1.807, 2.05) is 19.2 Å². The number of carbonyl (C=O) groups excluding carboxylic acids is 2. The van der Waals surface area contributed by atoms with Crippen LogP contribution in [-0.2, 0) is 32.0 Å². The molecule has 0 aromatic heterocycles. The molecule has 3 heterocycles. The monoisotopic (exact) mass is 930 g/mol. The molecule has 0 amide bonds. The zero-order valence-corrected chi connectivity index (χ0v) is 41.6. The van der Waals surface area contributed by atoms with Gasteiger partial charge in [-0.15, -0.1) is 0 Å². The van der Waals surface area contributed by atoms with Crippen LogP contribution < -0.4 is 16.0 Å². The van der Waals surface area contributed by atoms with E-state index in [0.29, 0.717) is 17.7 Å². The van der Waals surface area contributed by atoms with Crippen LogP contribution in [0, 0.1) is 52.3 Å². The molecule has 1 spiro atoms. The quantitative estimate of drug-likeness (QED) is 0.0935.